The van der Waals surface area contributed by atoms with Crippen molar-refractivity contribution in [3.63, 3.8) is 0 Å². The molecule has 2 fully saturated rings. The van der Waals surface area contributed by atoms with Crippen LogP contribution in [0.1, 0.15) is 32.1 Å². The molecule has 0 radical (unpaired) electrons. The molecule has 1 atom stereocenters. The summed E-state index contributed by atoms with van der Waals surface area (Å²) in [6.45, 7) is 1.38. The van der Waals surface area contributed by atoms with E-state index in [1.54, 1.807) is 0 Å². The summed E-state index contributed by atoms with van der Waals surface area (Å²) in [6.07, 6.45) is 5.97. The van der Waals surface area contributed by atoms with Gasteiger partial charge in [0, 0.05) is 18.8 Å². The normalized spacial score (nSPS) is 32.2. The van der Waals surface area contributed by atoms with E-state index in [1.807, 2.05) is 0 Å². The summed E-state index contributed by atoms with van der Waals surface area (Å²) in [5, 5.41) is 0. The average molecular weight is 184 g/mol. The molecule has 0 N–H and O–H groups in total. The van der Waals surface area contributed by atoms with Crippen molar-refractivity contribution in [3.8, 4) is 0 Å². The number of carbonyl (C=O) groups is 1. The fraction of sp³-hybridized carbons (Fsp3) is 0.900. The van der Waals surface area contributed by atoms with Crippen LogP contribution < -0.4 is 0 Å². The Balaban J connectivity index is 2.06. The zero-order chi connectivity index (χ0) is 9.15. The minimum absolute atomic E-state index is 0.293. The number of carbonyl (C=O) groups excluding carboxylic acids is 1. The molecule has 1 aliphatic carbocycles. The summed E-state index contributed by atoms with van der Waals surface area (Å²) >= 11 is 0. The fourth-order valence-corrected chi connectivity index (χ4v) is 2.45. The lowest BCUT2D eigenvalue weighted by molar-refractivity contribution is -0.212. The summed E-state index contributed by atoms with van der Waals surface area (Å²) in [7, 11) is 0. The number of hydrogen-bond donors (Lipinski definition) is 0. The van der Waals surface area contributed by atoms with Gasteiger partial charge in [0.05, 0.1) is 13.2 Å². The first kappa shape index (κ1) is 9.16. The quantitative estimate of drug-likeness (QED) is 0.610. The van der Waals surface area contributed by atoms with E-state index in [-0.39, 0.29) is 5.79 Å². The summed E-state index contributed by atoms with van der Waals surface area (Å²) in [6, 6.07) is 0. The van der Waals surface area contributed by atoms with Crippen LogP contribution in [0.2, 0.25) is 0 Å². The molecule has 2 aliphatic rings. The zero-order valence-electron chi connectivity index (χ0n) is 7.83. The second-order valence-electron chi connectivity index (χ2n) is 3.85. The molecule has 0 aromatic heterocycles. The van der Waals surface area contributed by atoms with E-state index in [2.05, 4.69) is 0 Å². The van der Waals surface area contributed by atoms with Crippen molar-refractivity contribution in [3.05, 3.63) is 0 Å². The van der Waals surface area contributed by atoms with Gasteiger partial charge in [0.2, 0.25) is 0 Å². The van der Waals surface area contributed by atoms with Crippen LogP contribution in [0.25, 0.3) is 0 Å². The molecule has 1 aliphatic heterocycles. The van der Waals surface area contributed by atoms with Crippen LogP contribution in [0.4, 0.5) is 0 Å². The molecule has 1 spiro atoms. The zero-order valence-corrected chi connectivity index (χ0v) is 7.83. The van der Waals surface area contributed by atoms with Crippen molar-refractivity contribution in [2.75, 3.05) is 13.2 Å². The lowest BCUT2D eigenvalue weighted by atomic mass is 9.81. The number of hydrogen-bond acceptors (Lipinski definition) is 3. The topological polar surface area (TPSA) is 35.5 Å². The van der Waals surface area contributed by atoms with Gasteiger partial charge in [-0.3, -0.25) is 0 Å². The van der Waals surface area contributed by atoms with Gasteiger partial charge in [-0.2, -0.15) is 0 Å². The van der Waals surface area contributed by atoms with E-state index in [1.165, 1.54) is 6.42 Å². The molecule has 13 heavy (non-hydrogen) atoms. The Bertz CT molecular complexity index is 185. The highest BCUT2D eigenvalue weighted by atomic mass is 16.7. The van der Waals surface area contributed by atoms with E-state index >= 15 is 0 Å². The van der Waals surface area contributed by atoms with E-state index in [0.717, 1.165) is 25.5 Å². The number of ether oxygens (including phenoxy) is 2. The van der Waals surface area contributed by atoms with Crippen molar-refractivity contribution < 1.29 is 14.3 Å². The van der Waals surface area contributed by atoms with Gasteiger partial charge < -0.3 is 14.3 Å². The van der Waals surface area contributed by atoms with Crippen LogP contribution >= 0.6 is 0 Å². The number of rotatable bonds is 2. The third-order valence-electron chi connectivity index (χ3n) is 3.11. The van der Waals surface area contributed by atoms with Gasteiger partial charge >= 0.3 is 0 Å². The minimum atomic E-state index is -0.390. The SMILES string of the molecule is O=CC[C@H]1CCCCC12OCCO2. The molecule has 1 saturated carbocycles. The Morgan fingerprint density at radius 1 is 1.31 bits per heavy atom. The van der Waals surface area contributed by atoms with Crippen LogP contribution in [-0.2, 0) is 14.3 Å². The molecule has 2 rings (SSSR count). The van der Waals surface area contributed by atoms with Crippen LogP contribution in [0.5, 0.6) is 0 Å². The maximum atomic E-state index is 10.5. The average Bonchev–Trinajstić information content (AvgIpc) is 2.59. The second kappa shape index (κ2) is 3.76. The molecule has 1 saturated heterocycles. The molecule has 0 unspecified atom stereocenters. The lowest BCUT2D eigenvalue weighted by Gasteiger charge is -2.38. The molecular formula is C10H16O3. The summed E-state index contributed by atoms with van der Waals surface area (Å²) in [5.74, 6) is -0.0969. The Labute approximate surface area is 78.4 Å². The predicted octanol–water partition coefficient (Wildman–Crippen LogP) is 1.51. The lowest BCUT2D eigenvalue weighted by Crippen LogP contribution is -2.42. The monoisotopic (exact) mass is 184 g/mol. The summed E-state index contributed by atoms with van der Waals surface area (Å²) in [4.78, 5) is 10.5. The summed E-state index contributed by atoms with van der Waals surface area (Å²) < 4.78 is 11.3. The maximum Gasteiger partial charge on any atom is 0.171 e. The van der Waals surface area contributed by atoms with Gasteiger partial charge in [-0.05, 0) is 12.8 Å². The van der Waals surface area contributed by atoms with Crippen molar-refractivity contribution in [1.29, 1.82) is 0 Å². The molecule has 0 amide bonds. The van der Waals surface area contributed by atoms with Gasteiger partial charge in [0.15, 0.2) is 5.79 Å². The Morgan fingerprint density at radius 2 is 2.08 bits per heavy atom. The predicted molar refractivity (Wildman–Crippen MR) is 47.3 cm³/mol. The van der Waals surface area contributed by atoms with Crippen molar-refractivity contribution in [1.82, 2.24) is 0 Å². The number of aldehydes is 1. The molecule has 74 valence electrons. The van der Waals surface area contributed by atoms with Crippen molar-refractivity contribution >= 4 is 6.29 Å². The maximum absolute atomic E-state index is 10.5. The van der Waals surface area contributed by atoms with Crippen LogP contribution in [0.15, 0.2) is 0 Å². The highest BCUT2D eigenvalue weighted by Crippen LogP contribution is 2.41. The second-order valence-corrected chi connectivity index (χ2v) is 3.85. The van der Waals surface area contributed by atoms with Crippen LogP contribution in [0.3, 0.4) is 0 Å². The fourth-order valence-electron chi connectivity index (χ4n) is 2.45. The molecule has 0 aromatic carbocycles. The molecule has 1 heterocycles. The van der Waals surface area contributed by atoms with E-state index in [4.69, 9.17) is 9.47 Å². The third-order valence-corrected chi connectivity index (χ3v) is 3.11. The van der Waals surface area contributed by atoms with Gasteiger partial charge in [-0.25, -0.2) is 0 Å². The smallest absolute Gasteiger partial charge is 0.171 e. The van der Waals surface area contributed by atoms with Crippen LogP contribution in [-0.4, -0.2) is 25.3 Å². The van der Waals surface area contributed by atoms with Crippen LogP contribution in [0, 0.1) is 5.92 Å². The Hall–Kier alpha value is -0.410. The van der Waals surface area contributed by atoms with Crippen molar-refractivity contribution in [2.45, 2.75) is 37.9 Å². The first-order valence-corrected chi connectivity index (χ1v) is 5.09. The molecule has 3 nitrogen and oxygen atoms in total. The van der Waals surface area contributed by atoms with Gasteiger partial charge in [-0.1, -0.05) is 6.42 Å². The van der Waals surface area contributed by atoms with E-state index in [9.17, 15) is 4.79 Å². The first-order chi connectivity index (χ1) is 6.37. The minimum Gasteiger partial charge on any atom is -0.347 e. The molecule has 3 heteroatoms. The van der Waals surface area contributed by atoms with Gasteiger partial charge in [0.25, 0.3) is 0 Å². The molecule has 0 aromatic rings. The Kier molecular flexibility index (Phi) is 2.65. The van der Waals surface area contributed by atoms with E-state index < -0.39 is 0 Å². The van der Waals surface area contributed by atoms with Crippen molar-refractivity contribution in [2.24, 2.45) is 5.92 Å². The highest BCUT2D eigenvalue weighted by molar-refractivity contribution is 5.50. The van der Waals surface area contributed by atoms with E-state index in [0.29, 0.717) is 25.6 Å². The third kappa shape index (κ3) is 1.63. The van der Waals surface area contributed by atoms with Gasteiger partial charge in [0.1, 0.15) is 6.29 Å². The largest absolute Gasteiger partial charge is 0.347 e. The van der Waals surface area contributed by atoms with Gasteiger partial charge in [-0.15, -0.1) is 0 Å². The highest BCUT2D eigenvalue weighted by Gasteiger charge is 2.45. The standard InChI is InChI=1S/C10H16O3/c11-6-4-9-3-1-2-5-10(9)12-7-8-13-10/h6,9H,1-5,7-8H2/t9-/m1/s1. The Morgan fingerprint density at radius 3 is 2.77 bits per heavy atom. The summed E-state index contributed by atoms with van der Waals surface area (Å²) in [5.41, 5.74) is 0. The molecular weight excluding hydrogens is 168 g/mol. The first-order valence-electron chi connectivity index (χ1n) is 5.09. The molecule has 0 bridgehead atoms.